The molecule has 1 fully saturated rings. The van der Waals surface area contributed by atoms with Gasteiger partial charge in [-0.25, -0.2) is 0 Å². The molecule has 0 aromatic carbocycles. The van der Waals surface area contributed by atoms with Crippen molar-refractivity contribution in [3.8, 4) is 0 Å². The Hall–Kier alpha value is -1.68. The molecule has 140 valence electrons. The molecule has 0 amide bonds. The summed E-state index contributed by atoms with van der Waals surface area (Å²) in [6, 6.07) is 0. The van der Waals surface area contributed by atoms with Crippen LogP contribution in [0.25, 0.3) is 0 Å². The molecular weight excluding hydrogens is 316 g/mol. The van der Waals surface area contributed by atoms with Gasteiger partial charge in [-0.2, -0.15) is 0 Å². The van der Waals surface area contributed by atoms with Crippen LogP contribution in [0.3, 0.4) is 0 Å². The molecule has 1 rings (SSSR count). The molecule has 0 aliphatic heterocycles. The lowest BCUT2D eigenvalue weighted by Gasteiger charge is -2.17. The highest BCUT2D eigenvalue weighted by Gasteiger charge is 2.37. The zero-order valence-corrected chi connectivity index (χ0v) is 15.4. The number of Topliss-reactive ketones (excluding diaryl/α,β-unsaturated/α-hetero) is 1. The Morgan fingerprint density at radius 3 is 2.72 bits per heavy atom. The summed E-state index contributed by atoms with van der Waals surface area (Å²) in [7, 11) is 0. The maximum atomic E-state index is 12.2. The van der Waals surface area contributed by atoms with Crippen LogP contribution in [0.2, 0.25) is 0 Å². The molecule has 0 aromatic rings. The molecule has 4 atom stereocenters. The Balaban J connectivity index is 2.52. The lowest BCUT2D eigenvalue weighted by molar-refractivity contribution is -0.137. The number of ketones is 1. The van der Waals surface area contributed by atoms with Gasteiger partial charge in [-0.3, -0.25) is 9.59 Å². The standard InChI is InChI=1S/C21H32O4/c1-3-4-7-10-17(22)13-14-18-16(2)15-20(23)19(18)11-8-5-6-9-12-21(24)25/h4-5,7-8,13-14,16-19,22H,3,6,9-12,15H2,1-2H3,(H,24,25)/b7-4-,8-5-,14-13+/t16-,17+,18+,19-/m1/s1. The van der Waals surface area contributed by atoms with Gasteiger partial charge in [-0.15, -0.1) is 0 Å². The first-order valence-electron chi connectivity index (χ1n) is 9.36. The van der Waals surface area contributed by atoms with Gasteiger partial charge in [-0.05, 0) is 43.9 Å². The van der Waals surface area contributed by atoms with E-state index in [0.717, 1.165) is 12.8 Å². The smallest absolute Gasteiger partial charge is 0.303 e. The highest BCUT2D eigenvalue weighted by molar-refractivity contribution is 5.84. The Labute approximate surface area is 151 Å². The fourth-order valence-electron chi connectivity index (χ4n) is 3.30. The summed E-state index contributed by atoms with van der Waals surface area (Å²) in [6.07, 6.45) is 15.7. The lowest BCUT2D eigenvalue weighted by atomic mass is 9.87. The van der Waals surface area contributed by atoms with E-state index in [0.29, 0.717) is 31.6 Å². The lowest BCUT2D eigenvalue weighted by Crippen LogP contribution is -2.15. The minimum absolute atomic E-state index is 0.0274. The van der Waals surface area contributed by atoms with E-state index in [1.165, 1.54) is 0 Å². The largest absolute Gasteiger partial charge is 0.481 e. The van der Waals surface area contributed by atoms with E-state index < -0.39 is 12.1 Å². The first kappa shape index (κ1) is 21.4. The Morgan fingerprint density at radius 1 is 1.28 bits per heavy atom. The summed E-state index contributed by atoms with van der Waals surface area (Å²) >= 11 is 0. The van der Waals surface area contributed by atoms with Crippen LogP contribution in [0.4, 0.5) is 0 Å². The molecule has 0 unspecified atom stereocenters. The average molecular weight is 348 g/mol. The minimum Gasteiger partial charge on any atom is -0.481 e. The van der Waals surface area contributed by atoms with Gasteiger partial charge in [0.15, 0.2) is 0 Å². The van der Waals surface area contributed by atoms with Gasteiger partial charge in [0.2, 0.25) is 0 Å². The first-order chi connectivity index (χ1) is 12.0. The van der Waals surface area contributed by atoms with Crippen LogP contribution in [0.5, 0.6) is 0 Å². The van der Waals surface area contributed by atoms with Crippen molar-refractivity contribution in [1.82, 2.24) is 0 Å². The van der Waals surface area contributed by atoms with Crippen LogP contribution in [-0.4, -0.2) is 28.1 Å². The minimum atomic E-state index is -0.772. The number of rotatable bonds is 11. The zero-order valence-electron chi connectivity index (χ0n) is 15.4. The molecule has 1 aliphatic rings. The number of carboxylic acids is 1. The van der Waals surface area contributed by atoms with Crippen molar-refractivity contribution in [3.05, 3.63) is 36.5 Å². The van der Waals surface area contributed by atoms with Crippen LogP contribution < -0.4 is 0 Å². The van der Waals surface area contributed by atoms with E-state index >= 15 is 0 Å². The van der Waals surface area contributed by atoms with E-state index in [1.807, 2.05) is 36.5 Å². The van der Waals surface area contributed by atoms with Gasteiger partial charge < -0.3 is 10.2 Å². The third-order valence-corrected chi connectivity index (χ3v) is 4.71. The van der Waals surface area contributed by atoms with Crippen molar-refractivity contribution < 1.29 is 19.8 Å². The first-order valence-corrected chi connectivity index (χ1v) is 9.36. The van der Waals surface area contributed by atoms with Crippen LogP contribution in [0.1, 0.15) is 58.8 Å². The SMILES string of the molecule is CC/C=C\C[C@H](O)/C=C/[C@H]1[C@H](C)CC(=O)[C@@H]1C/C=C\CCCC(=O)O. The van der Waals surface area contributed by atoms with E-state index in [-0.39, 0.29) is 24.0 Å². The van der Waals surface area contributed by atoms with Gasteiger partial charge in [0.25, 0.3) is 0 Å². The van der Waals surface area contributed by atoms with Gasteiger partial charge >= 0.3 is 5.97 Å². The Kier molecular flexibility index (Phi) is 10.1. The van der Waals surface area contributed by atoms with Crippen molar-refractivity contribution in [3.63, 3.8) is 0 Å². The molecule has 2 N–H and O–H groups in total. The van der Waals surface area contributed by atoms with Crippen molar-refractivity contribution >= 4 is 11.8 Å². The molecule has 0 saturated heterocycles. The maximum Gasteiger partial charge on any atom is 0.303 e. The molecule has 25 heavy (non-hydrogen) atoms. The predicted octanol–water partition coefficient (Wildman–Crippen LogP) is 4.30. The fourth-order valence-corrected chi connectivity index (χ4v) is 3.30. The second-order valence-corrected chi connectivity index (χ2v) is 6.89. The number of aliphatic carboxylic acids is 1. The molecule has 0 aromatic heterocycles. The normalized spacial score (nSPS) is 25.6. The Morgan fingerprint density at radius 2 is 2.04 bits per heavy atom. The summed E-state index contributed by atoms with van der Waals surface area (Å²) in [4.78, 5) is 22.7. The van der Waals surface area contributed by atoms with Gasteiger partial charge in [0.1, 0.15) is 5.78 Å². The highest BCUT2D eigenvalue weighted by atomic mass is 16.4. The van der Waals surface area contributed by atoms with Crippen LogP contribution in [-0.2, 0) is 9.59 Å². The average Bonchev–Trinajstić information content (AvgIpc) is 2.82. The summed E-state index contributed by atoms with van der Waals surface area (Å²) in [6.45, 7) is 4.15. The molecule has 1 saturated carbocycles. The molecule has 4 heteroatoms. The van der Waals surface area contributed by atoms with Crippen LogP contribution in [0, 0.1) is 17.8 Å². The topological polar surface area (TPSA) is 74.6 Å². The van der Waals surface area contributed by atoms with Crippen molar-refractivity contribution in [1.29, 1.82) is 0 Å². The summed E-state index contributed by atoms with van der Waals surface area (Å²) in [5, 5.41) is 18.6. The molecule has 4 nitrogen and oxygen atoms in total. The van der Waals surface area contributed by atoms with Crippen LogP contribution >= 0.6 is 0 Å². The number of allylic oxidation sites excluding steroid dienone is 4. The number of unbranched alkanes of at least 4 members (excludes halogenated alkanes) is 1. The third-order valence-electron chi connectivity index (χ3n) is 4.71. The number of carbonyl (C=O) groups is 2. The van der Waals surface area contributed by atoms with Crippen molar-refractivity contribution in [2.75, 3.05) is 0 Å². The number of carbonyl (C=O) groups excluding carboxylic acids is 1. The van der Waals surface area contributed by atoms with E-state index in [9.17, 15) is 14.7 Å². The summed E-state index contributed by atoms with van der Waals surface area (Å²) in [5.74, 6) is -0.0442. The number of aliphatic hydroxyl groups is 1. The number of hydrogen-bond acceptors (Lipinski definition) is 3. The molecule has 0 spiro atoms. The van der Waals surface area contributed by atoms with Crippen molar-refractivity contribution in [2.24, 2.45) is 17.8 Å². The van der Waals surface area contributed by atoms with E-state index in [4.69, 9.17) is 5.11 Å². The molecule has 0 heterocycles. The van der Waals surface area contributed by atoms with E-state index in [1.54, 1.807) is 0 Å². The van der Waals surface area contributed by atoms with Gasteiger partial charge in [0.05, 0.1) is 6.10 Å². The second-order valence-electron chi connectivity index (χ2n) is 6.89. The zero-order chi connectivity index (χ0) is 18.7. The number of hydrogen-bond donors (Lipinski definition) is 2. The summed E-state index contributed by atoms with van der Waals surface area (Å²) < 4.78 is 0. The molecule has 0 radical (unpaired) electrons. The molecular formula is C21H32O4. The quantitative estimate of drug-likeness (QED) is 0.431. The second kappa shape index (κ2) is 11.8. The Bertz CT molecular complexity index is 504. The predicted molar refractivity (Wildman–Crippen MR) is 100 cm³/mol. The fraction of sp³-hybridized carbons (Fsp3) is 0.619. The number of aliphatic hydroxyl groups excluding tert-OH is 1. The summed E-state index contributed by atoms with van der Waals surface area (Å²) in [5.41, 5.74) is 0. The highest BCUT2D eigenvalue weighted by Crippen LogP contribution is 2.37. The number of carboxylic acid groups (broad SMARTS) is 1. The third kappa shape index (κ3) is 8.30. The molecule has 0 bridgehead atoms. The molecule has 1 aliphatic carbocycles. The van der Waals surface area contributed by atoms with Gasteiger partial charge in [-0.1, -0.05) is 50.3 Å². The van der Waals surface area contributed by atoms with Crippen molar-refractivity contribution in [2.45, 2.75) is 64.9 Å². The van der Waals surface area contributed by atoms with Gasteiger partial charge in [0, 0.05) is 18.8 Å². The van der Waals surface area contributed by atoms with Crippen LogP contribution in [0.15, 0.2) is 36.5 Å². The monoisotopic (exact) mass is 348 g/mol. The van der Waals surface area contributed by atoms with E-state index in [2.05, 4.69) is 13.8 Å². The maximum absolute atomic E-state index is 12.2.